The summed E-state index contributed by atoms with van der Waals surface area (Å²) in [5.41, 5.74) is 2.19. The van der Waals surface area contributed by atoms with E-state index in [1.807, 2.05) is 26.0 Å². The second kappa shape index (κ2) is 11.3. The lowest BCUT2D eigenvalue weighted by Gasteiger charge is -2.35. The van der Waals surface area contributed by atoms with E-state index >= 15 is 0 Å². The molecule has 1 aromatic carbocycles. The number of benzene rings is 1. The molecule has 0 saturated carbocycles. The number of guanidine groups is 1. The van der Waals surface area contributed by atoms with Crippen LogP contribution < -0.4 is 5.32 Å². The van der Waals surface area contributed by atoms with Crippen molar-refractivity contribution in [1.29, 1.82) is 0 Å². The second-order valence-corrected chi connectivity index (χ2v) is 9.49. The third kappa shape index (κ3) is 6.56. The van der Waals surface area contributed by atoms with Crippen LogP contribution in [-0.2, 0) is 21.3 Å². The number of nitrogens with one attached hydrogen (secondary N) is 2. The lowest BCUT2D eigenvalue weighted by atomic mass is 10.2. The van der Waals surface area contributed by atoms with Crippen molar-refractivity contribution >= 4 is 50.9 Å². The molecule has 0 radical (unpaired) electrons. The molecule has 1 aromatic heterocycles. The molecule has 2 N–H and O–H groups in total. The third-order valence-electron chi connectivity index (χ3n) is 4.96. The van der Waals surface area contributed by atoms with Gasteiger partial charge in [0.1, 0.15) is 0 Å². The molecule has 2 aromatic rings. The highest BCUT2D eigenvalue weighted by atomic mass is 127. The Balaban J connectivity index is 0.00000320. The molecule has 2 heterocycles. The Morgan fingerprint density at radius 3 is 2.57 bits per heavy atom. The van der Waals surface area contributed by atoms with Gasteiger partial charge in [-0.15, -0.1) is 24.0 Å². The number of aliphatic imine (C=N–C) groups is 1. The minimum Gasteiger partial charge on any atom is -0.378 e. The van der Waals surface area contributed by atoms with Gasteiger partial charge in [-0.2, -0.15) is 4.31 Å². The zero-order valence-electron chi connectivity index (χ0n) is 17.8. The SMILES string of the molecule is CN=C(NCc1cc2ccccc2[nH]1)N1CCN(S(=O)(=O)CCOC(C)C)CC1.I. The summed E-state index contributed by atoms with van der Waals surface area (Å²) in [5.74, 6) is 0.808. The van der Waals surface area contributed by atoms with Crippen LogP contribution in [0.2, 0.25) is 0 Å². The molecule has 3 rings (SSSR count). The van der Waals surface area contributed by atoms with Crippen molar-refractivity contribution in [3.8, 4) is 0 Å². The molecule has 1 aliphatic heterocycles. The maximum Gasteiger partial charge on any atom is 0.216 e. The van der Waals surface area contributed by atoms with Crippen LogP contribution in [0, 0.1) is 0 Å². The van der Waals surface area contributed by atoms with Crippen molar-refractivity contribution in [3.63, 3.8) is 0 Å². The summed E-state index contributed by atoms with van der Waals surface area (Å²) >= 11 is 0. The Labute approximate surface area is 196 Å². The van der Waals surface area contributed by atoms with Gasteiger partial charge >= 0.3 is 0 Å². The van der Waals surface area contributed by atoms with Crippen molar-refractivity contribution in [3.05, 3.63) is 36.0 Å². The summed E-state index contributed by atoms with van der Waals surface area (Å²) in [6.07, 6.45) is 0.0358. The van der Waals surface area contributed by atoms with E-state index in [1.165, 1.54) is 5.39 Å². The predicted molar refractivity (Wildman–Crippen MR) is 132 cm³/mol. The summed E-state index contributed by atoms with van der Waals surface area (Å²) in [7, 11) is -1.54. The standard InChI is InChI=1S/C20H31N5O3S.HI/c1-16(2)28-12-13-29(26,27)25-10-8-24(9-11-25)20(21-3)22-15-18-14-17-6-4-5-7-19(17)23-18;/h4-7,14,16,23H,8-13,15H2,1-3H3,(H,21,22);1H. The first-order valence-corrected chi connectivity index (χ1v) is 11.6. The van der Waals surface area contributed by atoms with Crippen LogP contribution in [0.25, 0.3) is 10.9 Å². The minimum atomic E-state index is -3.29. The number of para-hydroxylation sites is 1. The van der Waals surface area contributed by atoms with Crippen LogP contribution in [-0.4, -0.2) is 80.3 Å². The van der Waals surface area contributed by atoms with Crippen LogP contribution in [0.15, 0.2) is 35.3 Å². The summed E-state index contributed by atoms with van der Waals surface area (Å²) < 4.78 is 31.9. The lowest BCUT2D eigenvalue weighted by Crippen LogP contribution is -2.54. The van der Waals surface area contributed by atoms with Crippen LogP contribution in [0.1, 0.15) is 19.5 Å². The van der Waals surface area contributed by atoms with Crippen LogP contribution in [0.4, 0.5) is 0 Å². The van der Waals surface area contributed by atoms with Crippen molar-refractivity contribution in [2.24, 2.45) is 4.99 Å². The number of nitrogens with zero attached hydrogens (tertiary/aromatic N) is 3. The lowest BCUT2D eigenvalue weighted by molar-refractivity contribution is 0.0904. The molecule has 0 bridgehead atoms. The molecule has 0 amide bonds. The number of hydrogen-bond donors (Lipinski definition) is 2. The second-order valence-electron chi connectivity index (χ2n) is 7.40. The van der Waals surface area contributed by atoms with Gasteiger partial charge in [-0.05, 0) is 31.4 Å². The largest absolute Gasteiger partial charge is 0.378 e. The van der Waals surface area contributed by atoms with E-state index in [0.717, 1.165) is 17.2 Å². The summed E-state index contributed by atoms with van der Waals surface area (Å²) in [5, 5.41) is 4.55. The molecule has 0 aliphatic carbocycles. The molecule has 0 atom stereocenters. The van der Waals surface area contributed by atoms with Crippen LogP contribution in [0.3, 0.4) is 0 Å². The van der Waals surface area contributed by atoms with Crippen molar-refractivity contribution in [2.75, 3.05) is 45.6 Å². The third-order valence-corrected chi connectivity index (χ3v) is 6.79. The first kappa shape index (κ1) is 24.9. The molecule has 1 fully saturated rings. The summed E-state index contributed by atoms with van der Waals surface area (Å²) in [6.45, 7) is 6.79. The maximum atomic E-state index is 12.5. The number of sulfonamides is 1. The normalized spacial score (nSPS) is 16.1. The molecule has 8 nitrogen and oxygen atoms in total. The highest BCUT2D eigenvalue weighted by Gasteiger charge is 2.28. The number of aromatic nitrogens is 1. The Morgan fingerprint density at radius 1 is 1.23 bits per heavy atom. The molecule has 1 saturated heterocycles. The number of rotatable bonds is 7. The first-order valence-electron chi connectivity index (χ1n) is 10.0. The van der Waals surface area contributed by atoms with Gasteiger partial charge in [0.05, 0.1) is 25.0 Å². The van der Waals surface area contributed by atoms with Gasteiger partial charge in [0.25, 0.3) is 0 Å². The molecule has 0 unspecified atom stereocenters. The van der Waals surface area contributed by atoms with E-state index in [4.69, 9.17) is 4.74 Å². The average molecular weight is 549 g/mol. The van der Waals surface area contributed by atoms with Gasteiger partial charge in [-0.25, -0.2) is 8.42 Å². The number of H-pyrrole nitrogens is 1. The molecular formula is C20H32IN5O3S. The van der Waals surface area contributed by atoms with E-state index in [9.17, 15) is 8.42 Å². The summed E-state index contributed by atoms with van der Waals surface area (Å²) in [6, 6.07) is 10.3. The van der Waals surface area contributed by atoms with E-state index in [-0.39, 0.29) is 42.4 Å². The van der Waals surface area contributed by atoms with E-state index in [0.29, 0.717) is 32.7 Å². The number of fused-ring (bicyclic) bond motifs is 1. The van der Waals surface area contributed by atoms with E-state index in [1.54, 1.807) is 11.4 Å². The Kier molecular flexibility index (Phi) is 9.38. The number of halogens is 1. The zero-order valence-corrected chi connectivity index (χ0v) is 20.9. The van der Waals surface area contributed by atoms with Crippen LogP contribution >= 0.6 is 24.0 Å². The summed E-state index contributed by atoms with van der Waals surface area (Å²) in [4.78, 5) is 9.86. The Morgan fingerprint density at radius 2 is 1.93 bits per heavy atom. The Bertz CT molecular complexity index is 904. The monoisotopic (exact) mass is 549 g/mol. The highest BCUT2D eigenvalue weighted by Crippen LogP contribution is 2.15. The van der Waals surface area contributed by atoms with E-state index in [2.05, 4.69) is 38.4 Å². The quantitative estimate of drug-likeness (QED) is 0.314. The van der Waals surface area contributed by atoms with Gasteiger partial charge in [-0.1, -0.05) is 18.2 Å². The predicted octanol–water partition coefficient (Wildman–Crippen LogP) is 2.23. The highest BCUT2D eigenvalue weighted by molar-refractivity contribution is 14.0. The molecule has 1 aliphatic rings. The Hall–Kier alpha value is -1.37. The van der Waals surface area contributed by atoms with Gasteiger partial charge in [0.15, 0.2) is 5.96 Å². The number of piperazine rings is 1. The molecular weight excluding hydrogens is 517 g/mol. The molecule has 10 heteroatoms. The zero-order chi connectivity index (χ0) is 20.9. The molecule has 30 heavy (non-hydrogen) atoms. The van der Waals surface area contributed by atoms with E-state index < -0.39 is 10.0 Å². The van der Waals surface area contributed by atoms with Crippen molar-refractivity contribution in [1.82, 2.24) is 19.5 Å². The average Bonchev–Trinajstić information content (AvgIpc) is 3.11. The minimum absolute atomic E-state index is 0. The fourth-order valence-electron chi connectivity index (χ4n) is 3.43. The van der Waals surface area contributed by atoms with Gasteiger partial charge < -0.3 is 19.9 Å². The smallest absolute Gasteiger partial charge is 0.216 e. The molecule has 0 spiro atoms. The fraction of sp³-hybridized carbons (Fsp3) is 0.550. The van der Waals surface area contributed by atoms with Crippen molar-refractivity contribution < 1.29 is 13.2 Å². The molecule has 168 valence electrons. The van der Waals surface area contributed by atoms with Gasteiger partial charge in [-0.3, -0.25) is 4.99 Å². The topological polar surface area (TPSA) is 90.0 Å². The first-order chi connectivity index (χ1) is 13.9. The number of aromatic amines is 1. The number of hydrogen-bond acceptors (Lipinski definition) is 4. The fourth-order valence-corrected chi connectivity index (χ4v) is 4.72. The number of ether oxygens (including phenoxy) is 1. The van der Waals surface area contributed by atoms with Crippen molar-refractivity contribution in [2.45, 2.75) is 26.5 Å². The van der Waals surface area contributed by atoms with Gasteiger partial charge in [0.2, 0.25) is 10.0 Å². The van der Waals surface area contributed by atoms with Gasteiger partial charge in [0, 0.05) is 44.4 Å². The van der Waals surface area contributed by atoms with Crippen LogP contribution in [0.5, 0.6) is 0 Å². The maximum absolute atomic E-state index is 12.5.